The third kappa shape index (κ3) is 2.05. The standard InChI is InChI=1S/C8H9NO2.H3N/c9-8(11)7-4-2-1-3-6(7)5-10;/h1-4,10H,5H2,(H2,9,11);1H3. The van der Waals surface area contributed by atoms with Crippen LogP contribution in [0.3, 0.4) is 0 Å². The number of primary amides is 1. The van der Waals surface area contributed by atoms with Crippen molar-refractivity contribution in [2.75, 3.05) is 0 Å². The van der Waals surface area contributed by atoms with E-state index >= 15 is 0 Å². The largest absolute Gasteiger partial charge is 0.392 e. The van der Waals surface area contributed by atoms with E-state index in [1.54, 1.807) is 24.3 Å². The molecule has 12 heavy (non-hydrogen) atoms. The fourth-order valence-corrected chi connectivity index (χ4v) is 0.899. The quantitative estimate of drug-likeness (QED) is 0.597. The van der Waals surface area contributed by atoms with Gasteiger partial charge in [-0.05, 0) is 11.6 Å². The van der Waals surface area contributed by atoms with Gasteiger partial charge in [-0.25, -0.2) is 0 Å². The number of carbonyl (C=O) groups excluding carboxylic acids is 1. The molecule has 0 aliphatic rings. The van der Waals surface area contributed by atoms with E-state index in [2.05, 4.69) is 0 Å². The highest BCUT2D eigenvalue weighted by Gasteiger charge is 2.04. The van der Waals surface area contributed by atoms with Gasteiger partial charge in [-0.1, -0.05) is 18.2 Å². The Morgan fingerprint density at radius 2 is 2.00 bits per heavy atom. The van der Waals surface area contributed by atoms with E-state index in [0.29, 0.717) is 11.1 Å². The third-order valence-corrected chi connectivity index (χ3v) is 1.45. The molecular formula is C8H12N2O2. The number of benzene rings is 1. The van der Waals surface area contributed by atoms with Crippen LogP contribution in [-0.2, 0) is 6.61 Å². The van der Waals surface area contributed by atoms with Crippen LogP contribution >= 0.6 is 0 Å². The second-order valence-electron chi connectivity index (χ2n) is 2.18. The molecular weight excluding hydrogens is 156 g/mol. The number of aliphatic hydroxyl groups excluding tert-OH is 1. The van der Waals surface area contributed by atoms with Crippen molar-refractivity contribution in [2.45, 2.75) is 6.61 Å². The molecule has 1 rings (SSSR count). The molecule has 0 fully saturated rings. The summed E-state index contributed by atoms with van der Waals surface area (Å²) in [4.78, 5) is 10.7. The van der Waals surface area contributed by atoms with Gasteiger partial charge in [-0.15, -0.1) is 0 Å². The highest BCUT2D eigenvalue weighted by molar-refractivity contribution is 5.94. The Labute approximate surface area is 70.6 Å². The molecule has 66 valence electrons. The summed E-state index contributed by atoms with van der Waals surface area (Å²) >= 11 is 0. The maximum absolute atomic E-state index is 10.7. The molecule has 0 spiro atoms. The predicted octanol–water partition coefficient (Wildman–Crippen LogP) is 0.440. The Bertz CT molecular complexity index is 274. The van der Waals surface area contributed by atoms with Gasteiger partial charge in [0.05, 0.1) is 6.61 Å². The lowest BCUT2D eigenvalue weighted by atomic mass is 10.1. The monoisotopic (exact) mass is 168 g/mol. The number of nitrogens with two attached hydrogens (primary N) is 1. The van der Waals surface area contributed by atoms with Crippen LogP contribution in [0.1, 0.15) is 15.9 Å². The maximum atomic E-state index is 10.7. The van der Waals surface area contributed by atoms with Gasteiger partial charge >= 0.3 is 0 Å². The molecule has 1 aromatic rings. The third-order valence-electron chi connectivity index (χ3n) is 1.45. The van der Waals surface area contributed by atoms with E-state index in [1.165, 1.54) is 0 Å². The zero-order chi connectivity index (χ0) is 8.27. The summed E-state index contributed by atoms with van der Waals surface area (Å²) in [7, 11) is 0. The predicted molar refractivity (Wildman–Crippen MR) is 45.9 cm³/mol. The summed E-state index contributed by atoms with van der Waals surface area (Å²) < 4.78 is 0. The molecule has 0 radical (unpaired) electrons. The molecule has 0 atom stereocenters. The molecule has 0 saturated carbocycles. The van der Waals surface area contributed by atoms with Gasteiger partial charge in [0.25, 0.3) is 0 Å². The van der Waals surface area contributed by atoms with E-state index in [0.717, 1.165) is 0 Å². The molecule has 6 N–H and O–H groups in total. The number of aliphatic hydroxyl groups is 1. The second-order valence-corrected chi connectivity index (χ2v) is 2.18. The van der Waals surface area contributed by atoms with Crippen molar-refractivity contribution in [2.24, 2.45) is 5.73 Å². The number of hydrogen-bond acceptors (Lipinski definition) is 3. The summed E-state index contributed by atoms with van der Waals surface area (Å²) in [5.41, 5.74) is 5.99. The van der Waals surface area contributed by atoms with Crippen LogP contribution in [0, 0.1) is 0 Å². The van der Waals surface area contributed by atoms with E-state index in [9.17, 15) is 4.79 Å². The van der Waals surface area contributed by atoms with Crippen molar-refractivity contribution < 1.29 is 9.90 Å². The van der Waals surface area contributed by atoms with Crippen LogP contribution < -0.4 is 11.9 Å². The molecule has 0 unspecified atom stereocenters. The zero-order valence-electron chi connectivity index (χ0n) is 6.66. The number of amides is 1. The molecule has 0 bridgehead atoms. The fourth-order valence-electron chi connectivity index (χ4n) is 0.899. The van der Waals surface area contributed by atoms with E-state index < -0.39 is 5.91 Å². The summed E-state index contributed by atoms with van der Waals surface area (Å²) in [5.74, 6) is -0.505. The molecule has 1 amide bonds. The van der Waals surface area contributed by atoms with Crippen LogP contribution in [0.15, 0.2) is 24.3 Å². The number of rotatable bonds is 2. The Morgan fingerprint density at radius 3 is 2.42 bits per heavy atom. The van der Waals surface area contributed by atoms with Crippen molar-refractivity contribution >= 4 is 5.91 Å². The summed E-state index contributed by atoms with van der Waals surface area (Å²) in [6.07, 6.45) is 0. The van der Waals surface area contributed by atoms with Crippen LogP contribution in [0.2, 0.25) is 0 Å². The zero-order valence-corrected chi connectivity index (χ0v) is 6.66. The molecule has 0 aromatic heterocycles. The summed E-state index contributed by atoms with van der Waals surface area (Å²) in [6.45, 7) is -0.154. The first kappa shape index (κ1) is 10.6. The average Bonchev–Trinajstić information content (AvgIpc) is 2.04. The topological polar surface area (TPSA) is 98.3 Å². The normalized spacial score (nSPS) is 8.75. The molecule has 0 heterocycles. The first-order valence-corrected chi connectivity index (χ1v) is 3.24. The van der Waals surface area contributed by atoms with Gasteiger partial charge in [0, 0.05) is 5.56 Å². The Hall–Kier alpha value is -1.39. The second kappa shape index (κ2) is 4.48. The van der Waals surface area contributed by atoms with Crippen LogP contribution in [-0.4, -0.2) is 11.0 Å². The lowest BCUT2D eigenvalue weighted by Gasteiger charge is -2.00. The molecule has 4 nitrogen and oxygen atoms in total. The molecule has 1 aromatic carbocycles. The van der Waals surface area contributed by atoms with Gasteiger partial charge in [-0.2, -0.15) is 0 Å². The van der Waals surface area contributed by atoms with Gasteiger partial charge in [0.15, 0.2) is 0 Å². The number of hydrogen-bond donors (Lipinski definition) is 3. The Balaban J connectivity index is 0.00000121. The maximum Gasteiger partial charge on any atom is 0.249 e. The average molecular weight is 168 g/mol. The lowest BCUT2D eigenvalue weighted by molar-refractivity contribution is 0.0997. The Kier molecular flexibility index (Phi) is 3.96. The van der Waals surface area contributed by atoms with E-state index in [1.807, 2.05) is 0 Å². The minimum atomic E-state index is -0.505. The van der Waals surface area contributed by atoms with E-state index in [-0.39, 0.29) is 12.8 Å². The molecule has 0 aliphatic heterocycles. The van der Waals surface area contributed by atoms with Crippen LogP contribution in [0.5, 0.6) is 0 Å². The minimum absolute atomic E-state index is 0. The summed E-state index contributed by atoms with van der Waals surface area (Å²) in [5, 5.41) is 8.76. The fraction of sp³-hybridized carbons (Fsp3) is 0.125. The molecule has 0 aliphatic carbocycles. The minimum Gasteiger partial charge on any atom is -0.392 e. The van der Waals surface area contributed by atoms with Crippen LogP contribution in [0.25, 0.3) is 0 Å². The van der Waals surface area contributed by atoms with Gasteiger partial charge in [0.1, 0.15) is 0 Å². The highest BCUT2D eigenvalue weighted by Crippen LogP contribution is 2.06. The smallest absolute Gasteiger partial charge is 0.249 e. The van der Waals surface area contributed by atoms with Gasteiger partial charge < -0.3 is 17.0 Å². The van der Waals surface area contributed by atoms with Crippen molar-refractivity contribution in [3.8, 4) is 0 Å². The molecule has 0 saturated heterocycles. The first-order valence-electron chi connectivity index (χ1n) is 3.24. The van der Waals surface area contributed by atoms with Crippen molar-refractivity contribution in [3.05, 3.63) is 35.4 Å². The van der Waals surface area contributed by atoms with Crippen molar-refractivity contribution in [3.63, 3.8) is 0 Å². The van der Waals surface area contributed by atoms with Gasteiger partial charge in [-0.3, -0.25) is 4.79 Å². The van der Waals surface area contributed by atoms with Crippen molar-refractivity contribution in [1.29, 1.82) is 0 Å². The SMILES string of the molecule is N.NC(=O)c1ccccc1CO. The summed E-state index contributed by atoms with van der Waals surface area (Å²) in [6, 6.07) is 6.71. The first-order chi connectivity index (χ1) is 5.25. The molecule has 4 heteroatoms. The van der Waals surface area contributed by atoms with Crippen molar-refractivity contribution in [1.82, 2.24) is 6.15 Å². The van der Waals surface area contributed by atoms with E-state index in [4.69, 9.17) is 10.8 Å². The highest BCUT2D eigenvalue weighted by atomic mass is 16.3. The number of carbonyl (C=O) groups is 1. The van der Waals surface area contributed by atoms with Crippen LogP contribution in [0.4, 0.5) is 0 Å². The Morgan fingerprint density at radius 1 is 1.42 bits per heavy atom. The lowest BCUT2D eigenvalue weighted by Crippen LogP contribution is -2.13. The van der Waals surface area contributed by atoms with Gasteiger partial charge in [0.2, 0.25) is 5.91 Å².